The third kappa shape index (κ3) is 3.90. The van der Waals surface area contributed by atoms with Gasteiger partial charge in [0.2, 0.25) is 10.0 Å². The molecule has 0 bridgehead atoms. The predicted molar refractivity (Wildman–Crippen MR) is 76.7 cm³/mol. The highest BCUT2D eigenvalue weighted by atomic mass is 32.2. The van der Waals surface area contributed by atoms with Crippen LogP contribution in [0.3, 0.4) is 0 Å². The molecule has 0 saturated carbocycles. The van der Waals surface area contributed by atoms with Crippen molar-refractivity contribution in [2.75, 3.05) is 20.6 Å². The predicted octanol–water partition coefficient (Wildman–Crippen LogP) is 2.14. The molecule has 0 amide bonds. The summed E-state index contributed by atoms with van der Waals surface area (Å²) in [5, 5.41) is 0. The zero-order valence-electron chi connectivity index (χ0n) is 12.1. The summed E-state index contributed by atoms with van der Waals surface area (Å²) in [6, 6.07) is 5.22. The highest BCUT2D eigenvalue weighted by Gasteiger charge is 2.22. The maximum atomic E-state index is 13.2. The number of rotatable bonds is 6. The number of furan rings is 1. The molecule has 1 heterocycles. The van der Waals surface area contributed by atoms with E-state index in [0.717, 1.165) is 12.1 Å². The van der Waals surface area contributed by atoms with Crippen molar-refractivity contribution >= 4 is 10.0 Å². The van der Waals surface area contributed by atoms with E-state index >= 15 is 0 Å². The minimum atomic E-state index is -4.02. The van der Waals surface area contributed by atoms with E-state index in [9.17, 15) is 17.2 Å². The van der Waals surface area contributed by atoms with Gasteiger partial charge in [0.25, 0.3) is 0 Å². The van der Waals surface area contributed by atoms with Gasteiger partial charge in [0.05, 0.1) is 17.2 Å². The van der Waals surface area contributed by atoms with Crippen LogP contribution in [0.4, 0.5) is 8.78 Å². The van der Waals surface area contributed by atoms with Gasteiger partial charge in [-0.1, -0.05) is 0 Å². The molecule has 0 aliphatic carbocycles. The van der Waals surface area contributed by atoms with Crippen LogP contribution in [-0.4, -0.2) is 34.0 Å². The molecular formula is C14H16F2N2O3S. The van der Waals surface area contributed by atoms with Crippen LogP contribution in [0.15, 0.2) is 45.9 Å². The van der Waals surface area contributed by atoms with Crippen LogP contribution in [0, 0.1) is 11.6 Å². The number of halogens is 2. The molecule has 0 spiro atoms. The van der Waals surface area contributed by atoms with Crippen LogP contribution < -0.4 is 4.72 Å². The molecule has 1 N–H and O–H groups in total. The molecule has 2 rings (SSSR count). The first-order valence-electron chi connectivity index (χ1n) is 6.45. The van der Waals surface area contributed by atoms with Gasteiger partial charge in [0, 0.05) is 12.6 Å². The maximum absolute atomic E-state index is 13.2. The van der Waals surface area contributed by atoms with Gasteiger partial charge in [-0.25, -0.2) is 21.9 Å². The topological polar surface area (TPSA) is 62.6 Å². The van der Waals surface area contributed by atoms with E-state index in [1.165, 1.54) is 6.26 Å². The second-order valence-electron chi connectivity index (χ2n) is 4.95. The Morgan fingerprint density at radius 2 is 1.86 bits per heavy atom. The highest BCUT2D eigenvalue weighted by Crippen LogP contribution is 2.19. The van der Waals surface area contributed by atoms with Crippen LogP contribution in [0.2, 0.25) is 0 Å². The summed E-state index contributed by atoms with van der Waals surface area (Å²) in [7, 11) is -0.489. The normalized spacial score (nSPS) is 13.5. The lowest BCUT2D eigenvalue weighted by Gasteiger charge is -2.22. The van der Waals surface area contributed by atoms with Gasteiger partial charge in [-0.15, -0.1) is 0 Å². The van der Waals surface area contributed by atoms with Gasteiger partial charge in [0.15, 0.2) is 0 Å². The van der Waals surface area contributed by atoms with Crippen LogP contribution in [0.25, 0.3) is 0 Å². The first-order valence-corrected chi connectivity index (χ1v) is 7.93. The van der Waals surface area contributed by atoms with Crippen molar-refractivity contribution in [1.82, 2.24) is 9.62 Å². The fourth-order valence-electron chi connectivity index (χ4n) is 1.97. The van der Waals surface area contributed by atoms with Crippen LogP contribution in [0.1, 0.15) is 11.8 Å². The average molecular weight is 330 g/mol. The number of sulfonamides is 1. The smallest absolute Gasteiger partial charge is 0.240 e. The Balaban J connectivity index is 2.18. The molecule has 1 aromatic heterocycles. The van der Waals surface area contributed by atoms with Crippen molar-refractivity contribution in [3.05, 3.63) is 54.0 Å². The number of hydrogen-bond donors (Lipinski definition) is 1. The first kappa shape index (κ1) is 16.6. The van der Waals surface area contributed by atoms with E-state index in [1.807, 2.05) is 0 Å². The number of nitrogens with zero attached hydrogens (tertiary/aromatic N) is 1. The summed E-state index contributed by atoms with van der Waals surface area (Å²) in [5.41, 5.74) is 0. The summed E-state index contributed by atoms with van der Waals surface area (Å²) >= 11 is 0. The molecule has 0 radical (unpaired) electrons. The van der Waals surface area contributed by atoms with Crippen molar-refractivity contribution in [3.63, 3.8) is 0 Å². The van der Waals surface area contributed by atoms with Crippen molar-refractivity contribution < 1.29 is 21.6 Å². The fraction of sp³-hybridized carbons (Fsp3) is 0.286. The quantitative estimate of drug-likeness (QED) is 0.881. The van der Waals surface area contributed by atoms with Crippen molar-refractivity contribution in [1.29, 1.82) is 0 Å². The molecule has 1 aromatic carbocycles. The van der Waals surface area contributed by atoms with Gasteiger partial charge in [-0.3, -0.25) is 4.90 Å². The summed E-state index contributed by atoms with van der Waals surface area (Å²) in [6.45, 7) is 0.000971. The Hall–Kier alpha value is -1.77. The van der Waals surface area contributed by atoms with E-state index in [-0.39, 0.29) is 12.6 Å². The minimum Gasteiger partial charge on any atom is -0.468 e. The number of nitrogens with one attached hydrogen (secondary N) is 1. The number of hydrogen-bond acceptors (Lipinski definition) is 4. The van der Waals surface area contributed by atoms with Crippen molar-refractivity contribution in [3.8, 4) is 0 Å². The summed E-state index contributed by atoms with van der Waals surface area (Å²) < 4.78 is 58.2. The van der Waals surface area contributed by atoms with E-state index in [0.29, 0.717) is 11.8 Å². The molecule has 0 aliphatic rings. The molecule has 2 aromatic rings. The van der Waals surface area contributed by atoms with E-state index in [1.54, 1.807) is 31.1 Å². The average Bonchev–Trinajstić information content (AvgIpc) is 2.91. The summed E-state index contributed by atoms with van der Waals surface area (Å²) in [6.07, 6.45) is 1.49. The van der Waals surface area contributed by atoms with Crippen molar-refractivity contribution in [2.24, 2.45) is 0 Å². The third-order valence-corrected chi connectivity index (χ3v) is 4.51. The van der Waals surface area contributed by atoms with E-state index in [4.69, 9.17) is 4.42 Å². The highest BCUT2D eigenvalue weighted by molar-refractivity contribution is 7.89. The second-order valence-corrected chi connectivity index (χ2v) is 6.72. The largest absolute Gasteiger partial charge is 0.468 e. The molecule has 0 aliphatic heterocycles. The molecule has 120 valence electrons. The standard InChI is InChI=1S/C14H16F2N2O3S/c1-18(2)13(14-4-3-5-21-14)9-17-22(19,20)12-7-10(15)6-11(16)8-12/h3-8,13,17H,9H2,1-2H3/t13-/m1/s1. The molecule has 22 heavy (non-hydrogen) atoms. The molecule has 0 saturated heterocycles. The van der Waals surface area contributed by atoms with Crippen molar-refractivity contribution in [2.45, 2.75) is 10.9 Å². The fourth-order valence-corrected chi connectivity index (χ4v) is 3.05. The van der Waals surface area contributed by atoms with Crippen LogP contribution >= 0.6 is 0 Å². The monoisotopic (exact) mass is 330 g/mol. The number of benzene rings is 1. The molecule has 0 fully saturated rings. The number of likely N-dealkylation sites (N-methyl/N-ethyl adjacent to an activating group) is 1. The lowest BCUT2D eigenvalue weighted by atomic mass is 10.2. The van der Waals surface area contributed by atoms with Crippen LogP contribution in [0.5, 0.6) is 0 Å². The summed E-state index contributed by atoms with van der Waals surface area (Å²) in [5.74, 6) is -1.32. The van der Waals surface area contributed by atoms with Gasteiger partial charge in [-0.05, 0) is 38.4 Å². The molecule has 8 heteroatoms. The molecule has 0 unspecified atom stereocenters. The minimum absolute atomic E-state index is 0.000971. The Labute approximate surface area is 127 Å². The zero-order valence-corrected chi connectivity index (χ0v) is 12.9. The van der Waals surface area contributed by atoms with Gasteiger partial charge >= 0.3 is 0 Å². The Bertz CT molecular complexity index is 710. The van der Waals surface area contributed by atoms with Gasteiger partial charge in [0.1, 0.15) is 17.4 Å². The molecule has 5 nitrogen and oxygen atoms in total. The maximum Gasteiger partial charge on any atom is 0.240 e. The second kappa shape index (κ2) is 6.55. The molecule has 1 atom stereocenters. The SMILES string of the molecule is CN(C)[C@H](CNS(=O)(=O)c1cc(F)cc(F)c1)c1ccco1. The third-order valence-electron chi connectivity index (χ3n) is 3.11. The Morgan fingerprint density at radius 3 is 2.36 bits per heavy atom. The van der Waals surface area contributed by atoms with Crippen LogP contribution in [-0.2, 0) is 10.0 Å². The first-order chi connectivity index (χ1) is 10.3. The van der Waals surface area contributed by atoms with Gasteiger partial charge in [-0.2, -0.15) is 0 Å². The zero-order chi connectivity index (χ0) is 16.3. The van der Waals surface area contributed by atoms with E-state index < -0.39 is 26.6 Å². The lowest BCUT2D eigenvalue weighted by molar-refractivity contribution is 0.259. The Kier molecular flexibility index (Phi) is 4.94. The van der Waals surface area contributed by atoms with Gasteiger partial charge < -0.3 is 4.42 Å². The lowest BCUT2D eigenvalue weighted by Crippen LogP contribution is -2.34. The summed E-state index contributed by atoms with van der Waals surface area (Å²) in [4.78, 5) is 1.31. The molecular weight excluding hydrogens is 314 g/mol. The van der Waals surface area contributed by atoms with E-state index in [2.05, 4.69) is 4.72 Å². The Morgan fingerprint density at radius 1 is 1.23 bits per heavy atom.